The standard InChI is InChI=1S/C22H21N5OS/c1-2-14-9-18-21(23-11-14)27(13-24-18)12-15-7-8-17-20(10-15)29-22(26-17)25-16-5-3-4-6-19(16)28/h1,7-11,13,16,19,28H,3-6,12H2,(H,25,26)/t16-,19-/m1/s1. The zero-order valence-electron chi connectivity index (χ0n) is 15.9. The normalized spacial score (nSPS) is 19.4. The second-order valence-corrected chi connectivity index (χ2v) is 8.54. The Balaban J connectivity index is 1.38. The van der Waals surface area contributed by atoms with Gasteiger partial charge in [0.2, 0.25) is 0 Å². The number of nitrogens with one attached hydrogen (secondary N) is 1. The van der Waals surface area contributed by atoms with Crippen LogP contribution in [-0.4, -0.2) is 36.8 Å². The highest BCUT2D eigenvalue weighted by Gasteiger charge is 2.23. The van der Waals surface area contributed by atoms with E-state index in [0.29, 0.717) is 6.54 Å². The van der Waals surface area contributed by atoms with Gasteiger partial charge in [-0.1, -0.05) is 36.2 Å². The number of terminal acetylenes is 1. The predicted molar refractivity (Wildman–Crippen MR) is 116 cm³/mol. The van der Waals surface area contributed by atoms with Crippen LogP contribution in [0.5, 0.6) is 0 Å². The van der Waals surface area contributed by atoms with Gasteiger partial charge in [0.25, 0.3) is 0 Å². The maximum absolute atomic E-state index is 10.2. The number of aliphatic hydroxyl groups is 1. The van der Waals surface area contributed by atoms with Crippen molar-refractivity contribution in [1.82, 2.24) is 19.5 Å². The molecule has 2 N–H and O–H groups in total. The monoisotopic (exact) mass is 403 g/mol. The number of anilines is 1. The lowest BCUT2D eigenvalue weighted by atomic mass is 9.93. The average molecular weight is 404 g/mol. The Labute approximate surface area is 172 Å². The Morgan fingerprint density at radius 1 is 1.21 bits per heavy atom. The van der Waals surface area contributed by atoms with Crippen molar-refractivity contribution in [3.8, 4) is 12.3 Å². The van der Waals surface area contributed by atoms with Crippen LogP contribution in [-0.2, 0) is 6.54 Å². The summed E-state index contributed by atoms with van der Waals surface area (Å²) in [7, 11) is 0. The lowest BCUT2D eigenvalue weighted by Gasteiger charge is -2.27. The van der Waals surface area contributed by atoms with Gasteiger partial charge < -0.3 is 15.0 Å². The fourth-order valence-electron chi connectivity index (χ4n) is 3.91. The summed E-state index contributed by atoms with van der Waals surface area (Å²) >= 11 is 1.63. The molecule has 1 saturated carbocycles. The van der Waals surface area contributed by atoms with Crippen LogP contribution in [0.15, 0.2) is 36.8 Å². The van der Waals surface area contributed by atoms with E-state index < -0.39 is 0 Å². The van der Waals surface area contributed by atoms with Gasteiger partial charge in [-0.25, -0.2) is 15.0 Å². The molecule has 5 rings (SSSR count). The van der Waals surface area contributed by atoms with E-state index in [2.05, 4.69) is 33.3 Å². The molecule has 1 aliphatic carbocycles. The number of hydrogen-bond donors (Lipinski definition) is 2. The van der Waals surface area contributed by atoms with Gasteiger partial charge in [0.15, 0.2) is 10.8 Å². The number of benzene rings is 1. The number of nitrogens with zero attached hydrogens (tertiary/aromatic N) is 4. The third-order valence-electron chi connectivity index (χ3n) is 5.47. The Hall–Kier alpha value is -2.95. The van der Waals surface area contributed by atoms with E-state index in [9.17, 15) is 5.11 Å². The van der Waals surface area contributed by atoms with Gasteiger partial charge in [-0.3, -0.25) is 0 Å². The van der Waals surface area contributed by atoms with E-state index >= 15 is 0 Å². The van der Waals surface area contributed by atoms with E-state index in [4.69, 9.17) is 11.4 Å². The highest BCUT2D eigenvalue weighted by molar-refractivity contribution is 7.22. The SMILES string of the molecule is C#Cc1cnc2c(c1)ncn2Cc1ccc2nc(N[C@@H]3CCCC[C@H]3O)sc2c1. The molecular formula is C22H21N5OS. The first-order chi connectivity index (χ1) is 14.2. The lowest BCUT2D eigenvalue weighted by Crippen LogP contribution is -2.36. The highest BCUT2D eigenvalue weighted by atomic mass is 32.1. The molecule has 29 heavy (non-hydrogen) atoms. The topological polar surface area (TPSA) is 75.9 Å². The molecule has 0 saturated heterocycles. The molecule has 1 fully saturated rings. The van der Waals surface area contributed by atoms with Crippen LogP contribution in [0, 0.1) is 12.3 Å². The zero-order valence-corrected chi connectivity index (χ0v) is 16.7. The first kappa shape index (κ1) is 18.1. The van der Waals surface area contributed by atoms with Gasteiger partial charge in [0.1, 0.15) is 5.52 Å². The maximum atomic E-state index is 10.2. The summed E-state index contributed by atoms with van der Waals surface area (Å²) in [4.78, 5) is 13.6. The highest BCUT2D eigenvalue weighted by Crippen LogP contribution is 2.30. The van der Waals surface area contributed by atoms with Gasteiger partial charge in [-0.2, -0.15) is 0 Å². The number of aromatic nitrogens is 4. The van der Waals surface area contributed by atoms with Crippen LogP contribution in [0.3, 0.4) is 0 Å². The summed E-state index contributed by atoms with van der Waals surface area (Å²) in [5.41, 5.74) is 4.49. The minimum absolute atomic E-state index is 0.0973. The van der Waals surface area contributed by atoms with Crippen LogP contribution in [0.2, 0.25) is 0 Å². The number of thiazole rings is 1. The van der Waals surface area contributed by atoms with Gasteiger partial charge >= 0.3 is 0 Å². The maximum Gasteiger partial charge on any atom is 0.184 e. The predicted octanol–water partition coefficient (Wildman–Crippen LogP) is 3.79. The first-order valence-corrected chi connectivity index (χ1v) is 10.6. The second kappa shape index (κ2) is 7.47. The summed E-state index contributed by atoms with van der Waals surface area (Å²) in [6, 6.07) is 8.27. The van der Waals surface area contributed by atoms with E-state index in [-0.39, 0.29) is 12.1 Å². The molecule has 0 unspecified atom stereocenters. The molecule has 0 amide bonds. The third-order valence-corrected chi connectivity index (χ3v) is 6.42. The molecule has 3 aromatic heterocycles. The van der Waals surface area contributed by atoms with Crippen molar-refractivity contribution < 1.29 is 5.11 Å². The first-order valence-electron chi connectivity index (χ1n) is 9.81. The van der Waals surface area contributed by atoms with Crippen molar-refractivity contribution >= 4 is 37.8 Å². The van der Waals surface area contributed by atoms with Gasteiger partial charge in [0.05, 0.1) is 35.2 Å². The fourth-order valence-corrected chi connectivity index (χ4v) is 4.90. The van der Waals surface area contributed by atoms with Gasteiger partial charge in [0, 0.05) is 11.8 Å². The van der Waals surface area contributed by atoms with Crippen molar-refractivity contribution in [2.24, 2.45) is 0 Å². The Kier molecular flexibility index (Phi) is 4.66. The van der Waals surface area contributed by atoms with Crippen molar-refractivity contribution in [2.75, 3.05) is 5.32 Å². The summed E-state index contributed by atoms with van der Waals surface area (Å²) < 4.78 is 3.15. The van der Waals surface area contributed by atoms with Crippen LogP contribution in [0.4, 0.5) is 5.13 Å². The Bertz CT molecular complexity index is 1220. The molecule has 2 atom stereocenters. The lowest BCUT2D eigenvalue weighted by molar-refractivity contribution is 0.116. The van der Waals surface area contributed by atoms with Crippen LogP contribution in [0.25, 0.3) is 21.4 Å². The zero-order chi connectivity index (χ0) is 19.8. The van der Waals surface area contributed by atoms with E-state index in [1.165, 1.54) is 0 Å². The van der Waals surface area contributed by atoms with Crippen molar-refractivity contribution in [1.29, 1.82) is 0 Å². The van der Waals surface area contributed by atoms with E-state index in [1.807, 2.05) is 16.7 Å². The van der Waals surface area contributed by atoms with Crippen LogP contribution in [0.1, 0.15) is 36.8 Å². The number of pyridine rings is 1. The summed E-state index contributed by atoms with van der Waals surface area (Å²) in [5.74, 6) is 2.59. The minimum atomic E-state index is -0.289. The summed E-state index contributed by atoms with van der Waals surface area (Å²) in [6.45, 7) is 0.677. The van der Waals surface area contributed by atoms with Crippen molar-refractivity contribution in [2.45, 2.75) is 44.4 Å². The molecule has 3 heterocycles. The average Bonchev–Trinajstić information content (AvgIpc) is 3.32. The Morgan fingerprint density at radius 3 is 2.97 bits per heavy atom. The molecular weight excluding hydrogens is 382 g/mol. The fraction of sp³-hybridized carbons (Fsp3) is 0.318. The molecule has 0 spiro atoms. The van der Waals surface area contributed by atoms with E-state index in [1.54, 1.807) is 23.9 Å². The molecule has 4 aromatic rings. The number of fused-ring (bicyclic) bond motifs is 2. The van der Waals surface area contributed by atoms with E-state index in [0.717, 1.165) is 63.3 Å². The molecule has 0 radical (unpaired) electrons. The second-order valence-electron chi connectivity index (χ2n) is 7.51. The smallest absolute Gasteiger partial charge is 0.184 e. The van der Waals surface area contributed by atoms with Crippen LogP contribution >= 0.6 is 11.3 Å². The largest absolute Gasteiger partial charge is 0.391 e. The van der Waals surface area contributed by atoms with Crippen LogP contribution < -0.4 is 5.32 Å². The number of imidazole rings is 1. The summed E-state index contributed by atoms with van der Waals surface area (Å²) in [5, 5.41) is 14.5. The number of hydrogen-bond acceptors (Lipinski definition) is 6. The van der Waals surface area contributed by atoms with Gasteiger partial charge in [-0.15, -0.1) is 6.42 Å². The molecule has 1 aromatic carbocycles. The third kappa shape index (κ3) is 3.57. The minimum Gasteiger partial charge on any atom is -0.391 e. The molecule has 0 bridgehead atoms. The molecule has 146 valence electrons. The number of rotatable bonds is 4. The molecule has 6 nitrogen and oxygen atoms in total. The number of aliphatic hydroxyl groups excluding tert-OH is 1. The van der Waals surface area contributed by atoms with Gasteiger partial charge in [-0.05, 0) is 36.6 Å². The summed E-state index contributed by atoms with van der Waals surface area (Å²) in [6.07, 6.45) is 12.8. The van der Waals surface area contributed by atoms with Crippen molar-refractivity contribution in [3.05, 3.63) is 47.9 Å². The molecule has 0 aliphatic heterocycles. The van der Waals surface area contributed by atoms with Crippen molar-refractivity contribution in [3.63, 3.8) is 0 Å². The molecule has 7 heteroatoms. The molecule has 1 aliphatic rings. The Morgan fingerprint density at radius 2 is 2.10 bits per heavy atom. The quantitative estimate of drug-likeness (QED) is 0.507.